The van der Waals surface area contributed by atoms with Crippen molar-refractivity contribution >= 4 is 11.9 Å². The third-order valence-corrected chi connectivity index (χ3v) is 0.781. The van der Waals surface area contributed by atoms with Crippen LogP contribution in [0.4, 0.5) is 0 Å². The molecule has 0 aromatic rings. The van der Waals surface area contributed by atoms with Gasteiger partial charge in [-0.05, 0) is 0 Å². The van der Waals surface area contributed by atoms with E-state index in [9.17, 15) is 9.59 Å². The molecule has 0 saturated heterocycles. The van der Waals surface area contributed by atoms with Gasteiger partial charge in [0.1, 0.15) is 0 Å². The Morgan fingerprint density at radius 2 is 2.00 bits per heavy atom. The highest BCUT2D eigenvalue weighted by Gasteiger charge is 2.07. The molecule has 0 rings (SSSR count). The predicted octanol–water partition coefficient (Wildman–Crippen LogP) is 0.625. The van der Waals surface area contributed by atoms with Crippen molar-refractivity contribution in [2.75, 3.05) is 0 Å². The number of esters is 2. The zero-order valence-electron chi connectivity index (χ0n) is 6.49. The first-order chi connectivity index (χ1) is 5.06. The van der Waals surface area contributed by atoms with Gasteiger partial charge >= 0.3 is 11.9 Å². The molecule has 11 heavy (non-hydrogen) atoms. The molecule has 0 aliphatic carbocycles. The van der Waals surface area contributed by atoms with Crippen LogP contribution in [0.2, 0.25) is 0 Å². The molecule has 0 saturated carbocycles. The first kappa shape index (κ1) is 9.68. The summed E-state index contributed by atoms with van der Waals surface area (Å²) in [5.74, 6) is -1.10. The van der Waals surface area contributed by atoms with Crippen LogP contribution < -0.4 is 0 Å². The molecule has 0 spiro atoms. The molecular formula is C7H10O4. The Labute approximate surface area is 64.8 Å². The minimum atomic E-state index is -0.849. The van der Waals surface area contributed by atoms with E-state index in [0.29, 0.717) is 0 Å². The van der Waals surface area contributed by atoms with Crippen LogP contribution in [0.15, 0.2) is 12.7 Å². The first-order valence-electron chi connectivity index (χ1n) is 3.06. The summed E-state index contributed by atoms with van der Waals surface area (Å²) < 4.78 is 9.00. The molecule has 4 nitrogen and oxygen atoms in total. The standard InChI is InChI=1S/C7H10O4/c1-4-7(9)11-6(3)10-5(2)8/h4,6H,1H2,2-3H3. The summed E-state index contributed by atoms with van der Waals surface area (Å²) >= 11 is 0. The summed E-state index contributed by atoms with van der Waals surface area (Å²) in [6.07, 6.45) is 0.151. The third kappa shape index (κ3) is 5.14. The maximum atomic E-state index is 10.5. The first-order valence-corrected chi connectivity index (χ1v) is 3.06. The summed E-state index contributed by atoms with van der Waals surface area (Å²) in [6.45, 7) is 5.86. The van der Waals surface area contributed by atoms with Gasteiger partial charge in [0.05, 0.1) is 0 Å². The molecule has 1 atom stereocenters. The van der Waals surface area contributed by atoms with Gasteiger partial charge in [0.15, 0.2) is 0 Å². The van der Waals surface area contributed by atoms with Crippen LogP contribution in [-0.2, 0) is 19.1 Å². The second-order valence-corrected chi connectivity index (χ2v) is 1.82. The monoisotopic (exact) mass is 158 g/mol. The van der Waals surface area contributed by atoms with Crippen molar-refractivity contribution in [1.29, 1.82) is 0 Å². The minimum absolute atomic E-state index is 0.491. The maximum absolute atomic E-state index is 10.5. The third-order valence-electron chi connectivity index (χ3n) is 0.781. The average Bonchev–Trinajstić information content (AvgIpc) is 1.85. The van der Waals surface area contributed by atoms with E-state index in [4.69, 9.17) is 0 Å². The lowest BCUT2D eigenvalue weighted by Gasteiger charge is -2.10. The number of ether oxygens (including phenoxy) is 2. The lowest BCUT2D eigenvalue weighted by atomic mass is 10.6. The quantitative estimate of drug-likeness (QED) is 0.343. The fourth-order valence-electron chi connectivity index (χ4n) is 0.469. The van der Waals surface area contributed by atoms with Crippen LogP contribution in [-0.4, -0.2) is 18.2 Å². The van der Waals surface area contributed by atoms with Gasteiger partial charge in [0, 0.05) is 19.9 Å². The largest absolute Gasteiger partial charge is 0.426 e. The Bertz CT molecular complexity index is 173. The molecule has 0 radical (unpaired) electrons. The van der Waals surface area contributed by atoms with E-state index in [2.05, 4.69) is 16.1 Å². The number of carbonyl (C=O) groups is 2. The van der Waals surface area contributed by atoms with Crippen molar-refractivity contribution in [3.05, 3.63) is 12.7 Å². The van der Waals surface area contributed by atoms with Gasteiger partial charge < -0.3 is 9.47 Å². The van der Waals surface area contributed by atoms with E-state index < -0.39 is 18.2 Å². The predicted molar refractivity (Wildman–Crippen MR) is 37.5 cm³/mol. The highest BCUT2D eigenvalue weighted by molar-refractivity contribution is 5.81. The van der Waals surface area contributed by atoms with Gasteiger partial charge in [-0.15, -0.1) is 0 Å². The van der Waals surface area contributed by atoms with Gasteiger partial charge in [-0.25, -0.2) is 4.79 Å². The molecule has 1 unspecified atom stereocenters. The van der Waals surface area contributed by atoms with Gasteiger partial charge in [-0.3, -0.25) is 4.79 Å². The molecular weight excluding hydrogens is 148 g/mol. The molecule has 0 amide bonds. The van der Waals surface area contributed by atoms with E-state index >= 15 is 0 Å². The van der Waals surface area contributed by atoms with Crippen molar-refractivity contribution in [2.45, 2.75) is 20.1 Å². The lowest BCUT2D eigenvalue weighted by Crippen LogP contribution is -2.18. The highest BCUT2D eigenvalue weighted by Crippen LogP contribution is 1.94. The average molecular weight is 158 g/mol. The van der Waals surface area contributed by atoms with Gasteiger partial charge in [-0.1, -0.05) is 6.58 Å². The van der Waals surface area contributed by atoms with Gasteiger partial charge in [0.25, 0.3) is 0 Å². The molecule has 0 fully saturated rings. The molecule has 0 aliphatic rings. The highest BCUT2D eigenvalue weighted by atomic mass is 16.7. The summed E-state index contributed by atoms with van der Waals surface area (Å²) in [4.78, 5) is 20.8. The van der Waals surface area contributed by atoms with Crippen molar-refractivity contribution in [1.82, 2.24) is 0 Å². The molecule has 0 heterocycles. The zero-order chi connectivity index (χ0) is 8.85. The Kier molecular flexibility index (Phi) is 3.95. The Balaban J connectivity index is 3.68. The van der Waals surface area contributed by atoms with Crippen molar-refractivity contribution in [3.8, 4) is 0 Å². The van der Waals surface area contributed by atoms with Crippen LogP contribution in [0.5, 0.6) is 0 Å². The van der Waals surface area contributed by atoms with E-state index in [-0.39, 0.29) is 0 Å². The lowest BCUT2D eigenvalue weighted by molar-refractivity contribution is -0.179. The smallest absolute Gasteiger partial charge is 0.333 e. The number of hydrogen-bond donors (Lipinski definition) is 0. The molecule has 0 bridgehead atoms. The van der Waals surface area contributed by atoms with Crippen LogP contribution >= 0.6 is 0 Å². The Morgan fingerprint density at radius 3 is 2.36 bits per heavy atom. The second-order valence-electron chi connectivity index (χ2n) is 1.82. The van der Waals surface area contributed by atoms with E-state index in [1.54, 1.807) is 0 Å². The SMILES string of the molecule is C=CC(=O)OC(C)OC(C)=O. The van der Waals surface area contributed by atoms with E-state index in [0.717, 1.165) is 6.08 Å². The summed E-state index contributed by atoms with van der Waals surface area (Å²) in [7, 11) is 0. The molecule has 0 aromatic heterocycles. The van der Waals surface area contributed by atoms with Crippen LogP contribution in [0, 0.1) is 0 Å². The fraction of sp³-hybridized carbons (Fsp3) is 0.429. The van der Waals surface area contributed by atoms with E-state index in [1.807, 2.05) is 0 Å². The van der Waals surface area contributed by atoms with E-state index in [1.165, 1.54) is 13.8 Å². The van der Waals surface area contributed by atoms with Crippen LogP contribution in [0.25, 0.3) is 0 Å². The van der Waals surface area contributed by atoms with Gasteiger partial charge in [0.2, 0.25) is 6.29 Å². The normalized spacial score (nSPS) is 11.5. The second kappa shape index (κ2) is 4.49. The topological polar surface area (TPSA) is 52.6 Å². The molecule has 0 N–H and O–H groups in total. The van der Waals surface area contributed by atoms with Crippen molar-refractivity contribution < 1.29 is 19.1 Å². The molecule has 0 aliphatic heterocycles. The van der Waals surface area contributed by atoms with Crippen LogP contribution in [0.1, 0.15) is 13.8 Å². The maximum Gasteiger partial charge on any atom is 0.333 e. The number of carbonyl (C=O) groups excluding carboxylic acids is 2. The summed E-state index contributed by atoms with van der Waals surface area (Å²) in [5.41, 5.74) is 0. The van der Waals surface area contributed by atoms with Gasteiger partial charge in [-0.2, -0.15) is 0 Å². The van der Waals surface area contributed by atoms with Crippen molar-refractivity contribution in [3.63, 3.8) is 0 Å². The summed E-state index contributed by atoms with van der Waals surface area (Å²) in [6, 6.07) is 0. The Morgan fingerprint density at radius 1 is 1.45 bits per heavy atom. The van der Waals surface area contributed by atoms with Crippen molar-refractivity contribution in [2.24, 2.45) is 0 Å². The number of rotatable bonds is 3. The zero-order valence-corrected chi connectivity index (χ0v) is 6.49. The Hall–Kier alpha value is -1.32. The summed E-state index contributed by atoms with van der Waals surface area (Å²) in [5, 5.41) is 0. The molecule has 4 heteroatoms. The number of hydrogen-bond acceptors (Lipinski definition) is 4. The fourth-order valence-corrected chi connectivity index (χ4v) is 0.469. The minimum Gasteiger partial charge on any atom is -0.426 e. The van der Waals surface area contributed by atoms with Crippen LogP contribution in [0.3, 0.4) is 0 Å². The molecule has 62 valence electrons. The molecule has 0 aromatic carbocycles.